The number of hydrogen-bond donors (Lipinski definition) is 3. The Bertz CT molecular complexity index is 1030. The van der Waals surface area contributed by atoms with Crippen LogP contribution in [0.2, 0.25) is 0 Å². The maximum absolute atomic E-state index is 12.5. The molecule has 0 amide bonds. The number of nitrogens with one attached hydrogen (secondary N) is 1. The maximum Gasteiger partial charge on any atom is 0.339 e. The summed E-state index contributed by atoms with van der Waals surface area (Å²) >= 11 is 1.12. The predicted octanol–water partition coefficient (Wildman–Crippen LogP) is 3.62. The number of carboxylic acids is 1. The lowest BCUT2D eigenvalue weighted by atomic mass is 10.2. The van der Waals surface area contributed by atoms with E-state index in [0.29, 0.717) is 0 Å². The van der Waals surface area contributed by atoms with Gasteiger partial charge in [0.1, 0.15) is 15.5 Å². The largest absolute Gasteiger partial charge is 0.507 e. The average Bonchev–Trinajstić information content (AvgIpc) is 3.06. The van der Waals surface area contributed by atoms with Crippen molar-refractivity contribution in [3.63, 3.8) is 0 Å². The molecule has 0 unspecified atom stereocenters. The van der Waals surface area contributed by atoms with E-state index in [1.54, 1.807) is 6.07 Å². The minimum atomic E-state index is -3.84. The van der Waals surface area contributed by atoms with Crippen LogP contribution in [-0.4, -0.2) is 24.6 Å². The quantitative estimate of drug-likeness (QED) is 0.632. The summed E-state index contributed by atoms with van der Waals surface area (Å²) in [6.45, 7) is 0. The van der Waals surface area contributed by atoms with Gasteiger partial charge in [-0.25, -0.2) is 13.2 Å². The molecule has 0 spiro atoms. The van der Waals surface area contributed by atoms with Crippen LogP contribution in [0.25, 0.3) is 10.4 Å². The molecule has 6 nitrogen and oxygen atoms in total. The summed E-state index contributed by atoms with van der Waals surface area (Å²) in [7, 11) is -3.84. The van der Waals surface area contributed by atoms with Crippen molar-refractivity contribution >= 4 is 33.0 Å². The van der Waals surface area contributed by atoms with E-state index in [2.05, 4.69) is 4.72 Å². The number of benzene rings is 2. The monoisotopic (exact) mass is 375 g/mol. The SMILES string of the molecule is O=C(O)c1ccc(NS(=O)(=O)c2ccc(-c3ccccc3)s2)cc1O. The van der Waals surface area contributed by atoms with E-state index in [0.717, 1.165) is 33.9 Å². The average molecular weight is 375 g/mol. The third kappa shape index (κ3) is 3.65. The Labute approximate surface area is 148 Å². The number of phenols is 1. The van der Waals surface area contributed by atoms with E-state index in [4.69, 9.17) is 5.11 Å². The molecule has 0 aliphatic heterocycles. The second-order valence-electron chi connectivity index (χ2n) is 5.13. The topological polar surface area (TPSA) is 104 Å². The Kier molecular flexibility index (Phi) is 4.47. The lowest BCUT2D eigenvalue weighted by Gasteiger charge is -2.07. The van der Waals surface area contributed by atoms with Crippen LogP contribution in [-0.2, 0) is 10.0 Å². The zero-order valence-electron chi connectivity index (χ0n) is 12.7. The number of thiophene rings is 1. The van der Waals surface area contributed by atoms with E-state index in [9.17, 15) is 18.3 Å². The van der Waals surface area contributed by atoms with Crippen LogP contribution in [0.4, 0.5) is 5.69 Å². The van der Waals surface area contributed by atoms with E-state index >= 15 is 0 Å². The molecule has 128 valence electrons. The van der Waals surface area contributed by atoms with Crippen LogP contribution in [0.1, 0.15) is 10.4 Å². The molecular weight excluding hydrogens is 362 g/mol. The second-order valence-corrected chi connectivity index (χ2v) is 8.12. The number of carbonyl (C=O) groups is 1. The molecular formula is C17H13NO5S2. The van der Waals surface area contributed by atoms with E-state index in [1.165, 1.54) is 12.1 Å². The van der Waals surface area contributed by atoms with Crippen molar-refractivity contribution < 1.29 is 23.4 Å². The number of sulfonamides is 1. The molecule has 3 aromatic rings. The zero-order valence-corrected chi connectivity index (χ0v) is 14.3. The van der Waals surface area contributed by atoms with Gasteiger partial charge in [0.2, 0.25) is 0 Å². The van der Waals surface area contributed by atoms with Crippen molar-refractivity contribution in [1.82, 2.24) is 0 Å². The first-order valence-corrected chi connectivity index (χ1v) is 9.41. The summed E-state index contributed by atoms with van der Waals surface area (Å²) in [6.07, 6.45) is 0. The van der Waals surface area contributed by atoms with E-state index in [1.807, 2.05) is 30.3 Å². The number of aromatic hydroxyl groups is 1. The lowest BCUT2D eigenvalue weighted by molar-refractivity contribution is 0.0694. The first kappa shape index (κ1) is 17.0. The summed E-state index contributed by atoms with van der Waals surface area (Å²) in [5.41, 5.74) is 0.694. The molecule has 3 rings (SSSR count). The Morgan fingerprint density at radius 3 is 2.36 bits per heavy atom. The van der Waals surface area contributed by atoms with Crippen LogP contribution >= 0.6 is 11.3 Å². The van der Waals surface area contributed by atoms with Gasteiger partial charge in [0.15, 0.2) is 0 Å². The smallest absolute Gasteiger partial charge is 0.339 e. The fourth-order valence-corrected chi connectivity index (χ4v) is 4.56. The van der Waals surface area contributed by atoms with Crippen LogP contribution in [0.3, 0.4) is 0 Å². The van der Waals surface area contributed by atoms with Gasteiger partial charge in [-0.15, -0.1) is 11.3 Å². The number of hydrogen-bond acceptors (Lipinski definition) is 5. The fourth-order valence-electron chi connectivity index (χ4n) is 2.20. The molecule has 2 aromatic carbocycles. The van der Waals surface area contributed by atoms with Gasteiger partial charge in [-0.2, -0.15) is 0 Å². The molecule has 3 N–H and O–H groups in total. The first-order chi connectivity index (χ1) is 11.9. The van der Waals surface area contributed by atoms with Gasteiger partial charge in [-0.1, -0.05) is 30.3 Å². The van der Waals surface area contributed by atoms with Crippen LogP contribution < -0.4 is 4.72 Å². The van der Waals surface area contributed by atoms with Gasteiger partial charge in [-0.3, -0.25) is 4.72 Å². The third-order valence-corrected chi connectivity index (χ3v) is 6.39. The minimum absolute atomic E-state index is 0.0807. The van der Waals surface area contributed by atoms with Crippen molar-refractivity contribution in [2.75, 3.05) is 4.72 Å². The molecule has 0 aliphatic rings. The summed E-state index contributed by atoms with van der Waals surface area (Å²) in [4.78, 5) is 11.7. The lowest BCUT2D eigenvalue weighted by Crippen LogP contribution is -2.11. The van der Waals surface area contributed by atoms with E-state index in [-0.39, 0.29) is 15.5 Å². The van der Waals surface area contributed by atoms with Crippen molar-refractivity contribution in [3.8, 4) is 16.2 Å². The van der Waals surface area contributed by atoms with Gasteiger partial charge in [-0.05, 0) is 29.8 Å². The normalized spacial score (nSPS) is 11.2. The van der Waals surface area contributed by atoms with Gasteiger partial charge < -0.3 is 10.2 Å². The van der Waals surface area contributed by atoms with Gasteiger partial charge >= 0.3 is 5.97 Å². The molecule has 0 saturated carbocycles. The van der Waals surface area contributed by atoms with Crippen LogP contribution in [0.5, 0.6) is 5.75 Å². The predicted molar refractivity (Wildman–Crippen MR) is 95.6 cm³/mol. The Morgan fingerprint density at radius 2 is 1.72 bits per heavy atom. The number of rotatable bonds is 5. The second kappa shape index (κ2) is 6.58. The molecule has 0 bridgehead atoms. The Morgan fingerprint density at radius 1 is 1.00 bits per heavy atom. The third-order valence-electron chi connectivity index (χ3n) is 3.38. The Hall–Kier alpha value is -2.84. The summed E-state index contributed by atoms with van der Waals surface area (Å²) in [6, 6.07) is 16.1. The van der Waals surface area contributed by atoms with Crippen molar-refractivity contribution in [1.29, 1.82) is 0 Å². The highest BCUT2D eigenvalue weighted by molar-refractivity contribution is 7.94. The summed E-state index contributed by atoms with van der Waals surface area (Å²) in [5.74, 6) is -1.80. The number of carboxylic acid groups (broad SMARTS) is 1. The van der Waals surface area contributed by atoms with Crippen LogP contribution in [0.15, 0.2) is 64.9 Å². The fraction of sp³-hybridized carbons (Fsp3) is 0. The standard InChI is InChI=1S/C17H13NO5S2/c19-14-10-12(6-7-13(14)17(20)21)18-25(22,23)16-9-8-15(24-16)11-4-2-1-3-5-11/h1-10,18-19H,(H,20,21). The highest BCUT2D eigenvalue weighted by Gasteiger charge is 2.19. The summed E-state index contributed by atoms with van der Waals surface area (Å²) < 4.78 is 27.4. The molecule has 1 heterocycles. The Balaban J connectivity index is 1.87. The zero-order chi connectivity index (χ0) is 18.0. The highest BCUT2D eigenvalue weighted by Crippen LogP contribution is 2.32. The van der Waals surface area contributed by atoms with Crippen molar-refractivity contribution in [2.45, 2.75) is 4.21 Å². The number of aromatic carboxylic acids is 1. The first-order valence-electron chi connectivity index (χ1n) is 7.11. The minimum Gasteiger partial charge on any atom is -0.507 e. The van der Waals surface area contributed by atoms with E-state index < -0.39 is 21.7 Å². The molecule has 1 aromatic heterocycles. The summed E-state index contributed by atoms with van der Waals surface area (Å²) in [5, 5.41) is 18.6. The molecule has 25 heavy (non-hydrogen) atoms. The maximum atomic E-state index is 12.5. The molecule has 0 saturated heterocycles. The number of anilines is 1. The van der Waals surface area contributed by atoms with Crippen molar-refractivity contribution in [2.24, 2.45) is 0 Å². The molecule has 0 radical (unpaired) electrons. The molecule has 0 atom stereocenters. The molecule has 8 heteroatoms. The van der Waals surface area contributed by atoms with Gasteiger partial charge in [0.25, 0.3) is 10.0 Å². The van der Waals surface area contributed by atoms with Crippen molar-refractivity contribution in [3.05, 3.63) is 66.2 Å². The van der Waals surface area contributed by atoms with Gasteiger partial charge in [0.05, 0.1) is 5.69 Å². The van der Waals surface area contributed by atoms with Crippen LogP contribution in [0, 0.1) is 0 Å². The molecule has 0 aliphatic carbocycles. The molecule has 0 fully saturated rings. The highest BCUT2D eigenvalue weighted by atomic mass is 32.2. The van der Waals surface area contributed by atoms with Gasteiger partial charge in [0, 0.05) is 10.9 Å².